The minimum Gasteiger partial charge on any atom is -0.318 e. The molecule has 0 spiro atoms. The van der Waals surface area contributed by atoms with Crippen LogP contribution in [0.3, 0.4) is 0 Å². The highest BCUT2D eigenvalue weighted by atomic mass is 79.9. The summed E-state index contributed by atoms with van der Waals surface area (Å²) in [4.78, 5) is 12.1. The molecule has 1 aromatic heterocycles. The maximum Gasteiger partial charge on any atom is 0.250 e. The van der Waals surface area contributed by atoms with E-state index in [4.69, 9.17) is 0 Å². The molecule has 1 heterocycles. The molecule has 0 bridgehead atoms. The number of thioether (sulfide) groups is 1. The van der Waals surface area contributed by atoms with Crippen LogP contribution >= 0.6 is 27.7 Å². The van der Waals surface area contributed by atoms with E-state index in [0.717, 1.165) is 32.9 Å². The SMILES string of the molecule is Cc1cccc(-n2c(C)cc(/C=N/NC(=O)CSCc3ccccc3Br)c2C)c1. The number of hydrogen-bond acceptors (Lipinski definition) is 3. The second kappa shape index (κ2) is 9.94. The van der Waals surface area contributed by atoms with Gasteiger partial charge in [-0.15, -0.1) is 11.8 Å². The van der Waals surface area contributed by atoms with Crippen LogP contribution in [-0.4, -0.2) is 22.4 Å². The van der Waals surface area contributed by atoms with E-state index in [1.54, 1.807) is 18.0 Å². The Morgan fingerprint density at radius 2 is 1.93 bits per heavy atom. The highest BCUT2D eigenvalue weighted by Crippen LogP contribution is 2.22. The molecule has 0 fully saturated rings. The molecule has 6 heteroatoms. The van der Waals surface area contributed by atoms with Gasteiger partial charge in [0.2, 0.25) is 5.91 Å². The van der Waals surface area contributed by atoms with Crippen LogP contribution < -0.4 is 5.43 Å². The molecule has 0 atom stereocenters. The Hall–Kier alpha value is -2.31. The zero-order chi connectivity index (χ0) is 20.8. The van der Waals surface area contributed by atoms with Crippen molar-refractivity contribution < 1.29 is 4.79 Å². The maximum absolute atomic E-state index is 12.1. The molecule has 0 aliphatic carbocycles. The number of nitrogens with one attached hydrogen (secondary N) is 1. The average molecular weight is 470 g/mol. The number of aromatic nitrogens is 1. The molecule has 0 aliphatic heterocycles. The number of carbonyl (C=O) groups excluding carboxylic acids is 1. The van der Waals surface area contributed by atoms with Crippen LogP contribution in [0.15, 0.2) is 64.2 Å². The van der Waals surface area contributed by atoms with Gasteiger partial charge in [-0.2, -0.15) is 5.10 Å². The van der Waals surface area contributed by atoms with Crippen LogP contribution in [0, 0.1) is 20.8 Å². The number of hydrogen-bond donors (Lipinski definition) is 1. The molecule has 1 N–H and O–H groups in total. The summed E-state index contributed by atoms with van der Waals surface area (Å²) in [5.41, 5.74) is 9.37. The molecule has 0 saturated heterocycles. The highest BCUT2D eigenvalue weighted by molar-refractivity contribution is 9.10. The van der Waals surface area contributed by atoms with Crippen molar-refractivity contribution in [2.45, 2.75) is 26.5 Å². The molecular formula is C23H24BrN3OS. The lowest BCUT2D eigenvalue weighted by atomic mass is 10.2. The first-order chi connectivity index (χ1) is 14.0. The van der Waals surface area contributed by atoms with Gasteiger partial charge in [0.25, 0.3) is 0 Å². The van der Waals surface area contributed by atoms with Gasteiger partial charge in [-0.05, 0) is 56.2 Å². The molecule has 0 unspecified atom stereocenters. The van der Waals surface area contributed by atoms with Crippen LogP contribution in [0.5, 0.6) is 0 Å². The lowest BCUT2D eigenvalue weighted by Crippen LogP contribution is -2.19. The minimum absolute atomic E-state index is 0.106. The van der Waals surface area contributed by atoms with Crippen molar-refractivity contribution in [1.82, 2.24) is 9.99 Å². The molecule has 29 heavy (non-hydrogen) atoms. The fourth-order valence-corrected chi connectivity index (χ4v) is 4.59. The van der Waals surface area contributed by atoms with Gasteiger partial charge in [0, 0.05) is 32.9 Å². The topological polar surface area (TPSA) is 46.4 Å². The summed E-state index contributed by atoms with van der Waals surface area (Å²) in [6.45, 7) is 6.22. The Morgan fingerprint density at radius 1 is 1.14 bits per heavy atom. The highest BCUT2D eigenvalue weighted by Gasteiger charge is 2.10. The van der Waals surface area contributed by atoms with Gasteiger partial charge in [-0.25, -0.2) is 5.43 Å². The summed E-state index contributed by atoms with van der Waals surface area (Å²) in [5, 5.41) is 4.15. The molecule has 4 nitrogen and oxygen atoms in total. The Morgan fingerprint density at radius 3 is 2.69 bits per heavy atom. The van der Waals surface area contributed by atoms with Gasteiger partial charge in [-0.1, -0.05) is 46.3 Å². The molecule has 0 radical (unpaired) electrons. The first-order valence-electron chi connectivity index (χ1n) is 9.34. The molecule has 1 amide bonds. The summed E-state index contributed by atoms with van der Waals surface area (Å²) >= 11 is 5.09. The predicted molar refractivity (Wildman–Crippen MR) is 126 cm³/mol. The molecule has 2 aromatic carbocycles. The van der Waals surface area contributed by atoms with E-state index in [0.29, 0.717) is 5.75 Å². The quantitative estimate of drug-likeness (QED) is 0.364. The zero-order valence-corrected chi connectivity index (χ0v) is 19.2. The van der Waals surface area contributed by atoms with E-state index in [9.17, 15) is 4.79 Å². The standard InChI is InChI=1S/C23H24BrN3OS/c1-16-7-6-9-21(11-16)27-17(2)12-20(18(27)3)13-25-26-23(28)15-29-14-19-8-4-5-10-22(19)24/h4-13H,14-15H2,1-3H3,(H,26,28)/b25-13+. The number of rotatable bonds is 7. The Labute approximate surface area is 184 Å². The van der Waals surface area contributed by atoms with Gasteiger partial charge < -0.3 is 4.57 Å². The van der Waals surface area contributed by atoms with Gasteiger partial charge in [0.15, 0.2) is 0 Å². The predicted octanol–water partition coefficient (Wildman–Crippen LogP) is 5.55. The molecule has 0 saturated carbocycles. The second-order valence-corrected chi connectivity index (χ2v) is 8.72. The Balaban J connectivity index is 1.57. The van der Waals surface area contributed by atoms with Crippen molar-refractivity contribution >= 4 is 39.8 Å². The fraction of sp³-hybridized carbons (Fsp3) is 0.217. The molecule has 3 rings (SSSR count). The Bertz CT molecular complexity index is 1040. The van der Waals surface area contributed by atoms with Crippen molar-refractivity contribution in [3.8, 4) is 5.69 Å². The lowest BCUT2D eigenvalue weighted by molar-refractivity contribution is -0.118. The van der Waals surface area contributed by atoms with Crippen LogP contribution in [0.4, 0.5) is 0 Å². The molecular weight excluding hydrogens is 446 g/mol. The van der Waals surface area contributed by atoms with E-state index in [2.05, 4.69) is 88.2 Å². The van der Waals surface area contributed by atoms with Crippen molar-refractivity contribution in [3.05, 3.63) is 87.1 Å². The van der Waals surface area contributed by atoms with Crippen molar-refractivity contribution in [3.63, 3.8) is 0 Å². The van der Waals surface area contributed by atoms with Gasteiger partial charge in [-0.3, -0.25) is 4.79 Å². The number of carbonyl (C=O) groups is 1. The second-order valence-electron chi connectivity index (χ2n) is 6.88. The monoisotopic (exact) mass is 469 g/mol. The van der Waals surface area contributed by atoms with E-state index in [1.807, 2.05) is 18.2 Å². The third-order valence-corrected chi connectivity index (χ3v) is 6.33. The van der Waals surface area contributed by atoms with Crippen molar-refractivity contribution in [2.24, 2.45) is 5.10 Å². The third-order valence-electron chi connectivity index (χ3n) is 4.57. The summed E-state index contributed by atoms with van der Waals surface area (Å²) in [6.07, 6.45) is 1.71. The number of aryl methyl sites for hydroxylation is 2. The third kappa shape index (κ3) is 5.61. The average Bonchev–Trinajstić information content (AvgIpc) is 2.97. The number of halogens is 1. The van der Waals surface area contributed by atoms with Gasteiger partial charge >= 0.3 is 0 Å². The van der Waals surface area contributed by atoms with E-state index in [-0.39, 0.29) is 5.91 Å². The Kier molecular flexibility index (Phi) is 7.34. The van der Waals surface area contributed by atoms with Crippen LogP contribution in [-0.2, 0) is 10.5 Å². The van der Waals surface area contributed by atoms with Crippen LogP contribution in [0.1, 0.15) is 28.1 Å². The minimum atomic E-state index is -0.106. The van der Waals surface area contributed by atoms with Crippen molar-refractivity contribution in [2.75, 3.05) is 5.75 Å². The van der Waals surface area contributed by atoms with E-state index in [1.165, 1.54) is 11.1 Å². The van der Waals surface area contributed by atoms with Gasteiger partial charge in [0.1, 0.15) is 0 Å². The summed E-state index contributed by atoms with van der Waals surface area (Å²) < 4.78 is 3.26. The fourth-order valence-electron chi connectivity index (χ4n) is 3.16. The maximum atomic E-state index is 12.1. The number of hydrazone groups is 1. The zero-order valence-electron chi connectivity index (χ0n) is 16.8. The lowest BCUT2D eigenvalue weighted by Gasteiger charge is -2.10. The molecule has 0 aliphatic rings. The largest absolute Gasteiger partial charge is 0.318 e. The summed E-state index contributed by atoms with van der Waals surface area (Å²) in [7, 11) is 0. The first-order valence-corrected chi connectivity index (χ1v) is 11.3. The number of nitrogens with zero attached hydrogens (tertiary/aromatic N) is 2. The van der Waals surface area contributed by atoms with Gasteiger partial charge in [0.05, 0.1) is 12.0 Å². The molecule has 150 valence electrons. The number of benzene rings is 2. The van der Waals surface area contributed by atoms with E-state index < -0.39 is 0 Å². The smallest absolute Gasteiger partial charge is 0.250 e. The summed E-state index contributed by atoms with van der Waals surface area (Å²) in [5.74, 6) is 1.03. The van der Waals surface area contributed by atoms with Crippen LogP contribution in [0.2, 0.25) is 0 Å². The summed E-state index contributed by atoms with van der Waals surface area (Å²) in [6, 6.07) is 18.5. The first kappa shape index (κ1) is 21.4. The molecule has 3 aromatic rings. The van der Waals surface area contributed by atoms with E-state index >= 15 is 0 Å². The number of amides is 1. The normalized spacial score (nSPS) is 11.2. The van der Waals surface area contributed by atoms with Crippen LogP contribution in [0.25, 0.3) is 5.69 Å². The van der Waals surface area contributed by atoms with Crippen molar-refractivity contribution in [1.29, 1.82) is 0 Å².